The molecule has 0 atom stereocenters. The third-order valence-corrected chi connectivity index (χ3v) is 4.89. The molecule has 1 saturated heterocycles. The van der Waals surface area contributed by atoms with Gasteiger partial charge in [0.2, 0.25) is 0 Å². The minimum atomic E-state index is -0.797. The number of para-hydroxylation sites is 1. The van der Waals surface area contributed by atoms with Gasteiger partial charge < -0.3 is 4.57 Å². The molecule has 0 bridgehead atoms. The summed E-state index contributed by atoms with van der Waals surface area (Å²) in [7, 11) is 0. The third kappa shape index (κ3) is 3.46. The minimum absolute atomic E-state index is 0.131. The summed E-state index contributed by atoms with van der Waals surface area (Å²) in [4.78, 5) is 38.6. The highest BCUT2D eigenvalue weighted by Gasteiger charge is 2.37. The van der Waals surface area contributed by atoms with E-state index in [2.05, 4.69) is 5.32 Å². The van der Waals surface area contributed by atoms with Gasteiger partial charge in [-0.05, 0) is 61.0 Å². The van der Waals surface area contributed by atoms with Crippen molar-refractivity contribution in [2.45, 2.75) is 6.92 Å². The SMILES string of the molecule is Cc1ccccc1-n1cccc1/C=C1\C(=O)NC(=O)N(c2ccc(Cl)cc2)C1=O. The Morgan fingerprint density at radius 1 is 0.931 bits per heavy atom. The van der Waals surface area contributed by atoms with Crippen molar-refractivity contribution in [2.75, 3.05) is 4.90 Å². The first kappa shape index (κ1) is 18.7. The lowest BCUT2D eigenvalue weighted by molar-refractivity contribution is -0.122. The predicted molar refractivity (Wildman–Crippen MR) is 111 cm³/mol. The molecule has 144 valence electrons. The lowest BCUT2D eigenvalue weighted by Gasteiger charge is -2.26. The van der Waals surface area contributed by atoms with E-state index in [1.54, 1.807) is 30.3 Å². The molecule has 4 rings (SSSR count). The molecule has 6 nitrogen and oxygen atoms in total. The highest BCUT2D eigenvalue weighted by Crippen LogP contribution is 2.25. The van der Waals surface area contributed by atoms with Crippen LogP contribution in [-0.2, 0) is 9.59 Å². The van der Waals surface area contributed by atoms with Crippen molar-refractivity contribution in [2.24, 2.45) is 0 Å². The third-order valence-electron chi connectivity index (χ3n) is 4.63. The maximum Gasteiger partial charge on any atom is 0.335 e. The Labute approximate surface area is 172 Å². The molecule has 0 unspecified atom stereocenters. The van der Waals surface area contributed by atoms with E-state index in [4.69, 9.17) is 11.6 Å². The van der Waals surface area contributed by atoms with Gasteiger partial charge in [0.05, 0.1) is 5.69 Å². The van der Waals surface area contributed by atoms with Gasteiger partial charge in [-0.15, -0.1) is 0 Å². The zero-order valence-corrected chi connectivity index (χ0v) is 16.2. The molecule has 1 aromatic heterocycles. The van der Waals surface area contributed by atoms with Crippen LogP contribution in [0.3, 0.4) is 0 Å². The zero-order valence-electron chi connectivity index (χ0n) is 15.4. The molecule has 7 heteroatoms. The highest BCUT2D eigenvalue weighted by molar-refractivity contribution is 6.39. The van der Waals surface area contributed by atoms with Crippen LogP contribution < -0.4 is 10.2 Å². The fourth-order valence-corrected chi connectivity index (χ4v) is 3.32. The van der Waals surface area contributed by atoms with E-state index in [0.29, 0.717) is 16.4 Å². The first-order valence-electron chi connectivity index (χ1n) is 8.86. The predicted octanol–water partition coefficient (Wildman–Crippen LogP) is 4.11. The van der Waals surface area contributed by atoms with Crippen molar-refractivity contribution in [3.63, 3.8) is 0 Å². The van der Waals surface area contributed by atoms with Crippen molar-refractivity contribution in [3.05, 3.63) is 88.7 Å². The van der Waals surface area contributed by atoms with Gasteiger partial charge in [-0.2, -0.15) is 0 Å². The molecule has 1 N–H and O–H groups in total. The molecule has 1 aliphatic rings. The summed E-state index contributed by atoms with van der Waals surface area (Å²) < 4.78 is 1.88. The molecule has 1 fully saturated rings. The molecule has 3 aromatic rings. The number of hydrogen-bond donors (Lipinski definition) is 1. The van der Waals surface area contributed by atoms with Crippen LogP contribution >= 0.6 is 11.6 Å². The zero-order chi connectivity index (χ0) is 20.5. The molecule has 0 spiro atoms. The molecular weight excluding hydrogens is 390 g/mol. The summed E-state index contributed by atoms with van der Waals surface area (Å²) in [5.74, 6) is -1.43. The van der Waals surface area contributed by atoms with Gasteiger partial charge in [-0.3, -0.25) is 14.9 Å². The Morgan fingerprint density at radius 3 is 2.38 bits per heavy atom. The molecule has 29 heavy (non-hydrogen) atoms. The fraction of sp³-hybridized carbons (Fsp3) is 0.0455. The maximum absolute atomic E-state index is 13.0. The number of hydrogen-bond acceptors (Lipinski definition) is 3. The number of aromatic nitrogens is 1. The molecule has 0 aliphatic carbocycles. The Morgan fingerprint density at radius 2 is 1.66 bits per heavy atom. The Kier molecular flexibility index (Phi) is 4.78. The van der Waals surface area contributed by atoms with Crippen LogP contribution in [-0.4, -0.2) is 22.4 Å². The summed E-state index contributed by atoms with van der Waals surface area (Å²) in [6.45, 7) is 1.98. The first-order valence-corrected chi connectivity index (χ1v) is 9.24. The smallest absolute Gasteiger partial charge is 0.317 e. The van der Waals surface area contributed by atoms with E-state index in [0.717, 1.165) is 16.2 Å². The van der Waals surface area contributed by atoms with Gasteiger partial charge in [-0.1, -0.05) is 29.8 Å². The summed E-state index contributed by atoms with van der Waals surface area (Å²) in [6, 6.07) is 16.8. The second-order valence-corrected chi connectivity index (χ2v) is 6.96. The molecular formula is C22H16ClN3O3. The Hall–Kier alpha value is -3.64. The van der Waals surface area contributed by atoms with Gasteiger partial charge in [0.25, 0.3) is 11.8 Å². The number of nitrogens with one attached hydrogen (secondary N) is 1. The number of aryl methyl sites for hydroxylation is 1. The fourth-order valence-electron chi connectivity index (χ4n) is 3.19. The van der Waals surface area contributed by atoms with E-state index >= 15 is 0 Å². The average Bonchev–Trinajstić information content (AvgIpc) is 3.15. The number of nitrogens with zero attached hydrogens (tertiary/aromatic N) is 2. The summed E-state index contributed by atoms with van der Waals surface area (Å²) in [6.07, 6.45) is 3.33. The van der Waals surface area contributed by atoms with Gasteiger partial charge in [0.1, 0.15) is 5.57 Å². The molecule has 2 aromatic carbocycles. The van der Waals surface area contributed by atoms with Crippen LogP contribution in [0.2, 0.25) is 5.02 Å². The van der Waals surface area contributed by atoms with Crippen molar-refractivity contribution in [1.82, 2.24) is 9.88 Å². The largest absolute Gasteiger partial charge is 0.335 e. The average molecular weight is 406 g/mol. The number of carbonyl (C=O) groups is 3. The minimum Gasteiger partial charge on any atom is -0.317 e. The van der Waals surface area contributed by atoms with Crippen LogP contribution in [0.25, 0.3) is 11.8 Å². The summed E-state index contributed by atoms with van der Waals surface area (Å²) in [5.41, 5.74) is 2.81. The van der Waals surface area contributed by atoms with Gasteiger partial charge >= 0.3 is 6.03 Å². The van der Waals surface area contributed by atoms with Crippen LogP contribution in [0.15, 0.2) is 72.4 Å². The van der Waals surface area contributed by atoms with Gasteiger partial charge in [0, 0.05) is 22.6 Å². The molecule has 0 radical (unpaired) electrons. The standard InChI is InChI=1S/C22H16ClN3O3/c1-14-5-2-3-7-19(14)25-12-4-6-17(25)13-18-20(27)24-22(29)26(21(18)28)16-10-8-15(23)9-11-16/h2-13H,1H3,(H,24,27,29)/b18-13+. The lowest BCUT2D eigenvalue weighted by Crippen LogP contribution is -2.54. The van der Waals surface area contributed by atoms with E-state index in [1.165, 1.54) is 6.08 Å². The van der Waals surface area contributed by atoms with Crippen LogP contribution in [0, 0.1) is 6.92 Å². The highest BCUT2D eigenvalue weighted by atomic mass is 35.5. The van der Waals surface area contributed by atoms with Gasteiger partial charge in [0.15, 0.2) is 0 Å². The van der Waals surface area contributed by atoms with Crippen molar-refractivity contribution in [1.29, 1.82) is 0 Å². The topological polar surface area (TPSA) is 71.4 Å². The quantitative estimate of drug-likeness (QED) is 0.526. The number of rotatable bonds is 3. The Balaban J connectivity index is 1.76. The van der Waals surface area contributed by atoms with Gasteiger partial charge in [-0.25, -0.2) is 9.69 Å². The number of imide groups is 2. The second kappa shape index (κ2) is 7.41. The van der Waals surface area contributed by atoms with E-state index < -0.39 is 17.8 Å². The normalized spacial score (nSPS) is 15.7. The van der Waals surface area contributed by atoms with Crippen molar-refractivity contribution in [3.8, 4) is 5.69 Å². The number of barbiturate groups is 1. The van der Waals surface area contributed by atoms with Crippen molar-refractivity contribution >= 4 is 41.2 Å². The Bertz CT molecular complexity index is 1160. The summed E-state index contributed by atoms with van der Waals surface area (Å²) in [5, 5.41) is 2.70. The van der Waals surface area contributed by atoms with Crippen LogP contribution in [0.4, 0.5) is 10.5 Å². The van der Waals surface area contributed by atoms with Crippen LogP contribution in [0.5, 0.6) is 0 Å². The summed E-state index contributed by atoms with van der Waals surface area (Å²) >= 11 is 5.89. The van der Waals surface area contributed by atoms with Crippen molar-refractivity contribution < 1.29 is 14.4 Å². The maximum atomic E-state index is 13.0. The first-order chi connectivity index (χ1) is 14.0. The second-order valence-electron chi connectivity index (χ2n) is 6.52. The van der Waals surface area contributed by atoms with E-state index in [9.17, 15) is 14.4 Å². The number of amides is 4. The number of urea groups is 1. The molecule has 0 saturated carbocycles. The number of carbonyl (C=O) groups excluding carboxylic acids is 3. The molecule has 4 amide bonds. The number of halogens is 1. The van der Waals surface area contributed by atoms with E-state index in [-0.39, 0.29) is 5.57 Å². The van der Waals surface area contributed by atoms with Crippen LogP contribution in [0.1, 0.15) is 11.3 Å². The van der Waals surface area contributed by atoms with E-state index in [1.807, 2.05) is 48.0 Å². The monoisotopic (exact) mass is 405 g/mol. The molecule has 2 heterocycles. The molecule has 1 aliphatic heterocycles. The number of benzene rings is 2. The number of anilines is 1. The lowest BCUT2D eigenvalue weighted by atomic mass is 10.1.